The quantitative estimate of drug-likeness (QED) is 0.866. The van der Waals surface area contributed by atoms with Crippen molar-refractivity contribution in [2.75, 3.05) is 11.9 Å². The summed E-state index contributed by atoms with van der Waals surface area (Å²) in [4.78, 5) is 6.63. The van der Waals surface area contributed by atoms with Crippen LogP contribution in [0.1, 0.15) is 39.2 Å². The first-order valence-electron chi connectivity index (χ1n) is 6.38. The van der Waals surface area contributed by atoms with Crippen LogP contribution in [0, 0.1) is 0 Å². The predicted octanol–water partition coefficient (Wildman–Crippen LogP) is 2.57. The van der Waals surface area contributed by atoms with E-state index in [9.17, 15) is 0 Å². The van der Waals surface area contributed by atoms with E-state index in [0.29, 0.717) is 0 Å². The van der Waals surface area contributed by atoms with E-state index in [4.69, 9.17) is 0 Å². The van der Waals surface area contributed by atoms with Gasteiger partial charge in [-0.05, 0) is 39.7 Å². The maximum Gasteiger partial charge on any atom is 0.0442 e. The topological polar surface area (TPSA) is 28.2 Å². The highest BCUT2D eigenvalue weighted by Crippen LogP contribution is 2.31. The van der Waals surface area contributed by atoms with Crippen molar-refractivity contribution in [3.63, 3.8) is 0 Å². The molecular formula is C14H23N3. The summed E-state index contributed by atoms with van der Waals surface area (Å²) in [6.07, 6.45) is 6.51. The lowest BCUT2D eigenvalue weighted by atomic mass is 10.1. The third-order valence-corrected chi connectivity index (χ3v) is 3.16. The molecule has 2 rings (SSSR count). The average molecular weight is 233 g/mol. The lowest BCUT2D eigenvalue weighted by Crippen LogP contribution is -2.35. The Morgan fingerprint density at radius 1 is 1.41 bits per heavy atom. The zero-order valence-electron chi connectivity index (χ0n) is 11.3. The van der Waals surface area contributed by atoms with Gasteiger partial charge in [-0.2, -0.15) is 0 Å². The molecule has 0 aliphatic heterocycles. The Balaban J connectivity index is 2.10. The second-order valence-corrected chi connectivity index (χ2v) is 5.95. The number of anilines is 1. The predicted molar refractivity (Wildman–Crippen MR) is 72.3 cm³/mol. The SMILES string of the molecule is CN(c1ccncc1CNC(C)(C)C)C1CC1. The molecule has 1 saturated carbocycles. The Morgan fingerprint density at radius 2 is 2.12 bits per heavy atom. The lowest BCUT2D eigenvalue weighted by molar-refractivity contribution is 0.424. The van der Waals surface area contributed by atoms with Crippen LogP contribution >= 0.6 is 0 Å². The van der Waals surface area contributed by atoms with Crippen LogP contribution in [0.2, 0.25) is 0 Å². The Kier molecular flexibility index (Phi) is 3.38. The molecule has 1 heterocycles. The molecule has 0 aromatic carbocycles. The molecule has 1 aromatic rings. The van der Waals surface area contributed by atoms with Crippen molar-refractivity contribution >= 4 is 5.69 Å². The van der Waals surface area contributed by atoms with Gasteiger partial charge in [0.15, 0.2) is 0 Å². The Labute approximate surface area is 104 Å². The van der Waals surface area contributed by atoms with Crippen molar-refractivity contribution in [1.82, 2.24) is 10.3 Å². The molecule has 1 aliphatic carbocycles. The van der Waals surface area contributed by atoms with E-state index < -0.39 is 0 Å². The van der Waals surface area contributed by atoms with Gasteiger partial charge < -0.3 is 10.2 Å². The molecule has 0 bridgehead atoms. The van der Waals surface area contributed by atoms with Gasteiger partial charge in [0.1, 0.15) is 0 Å². The maximum absolute atomic E-state index is 4.24. The van der Waals surface area contributed by atoms with Crippen LogP contribution in [0.3, 0.4) is 0 Å². The number of hydrogen-bond donors (Lipinski definition) is 1. The summed E-state index contributed by atoms with van der Waals surface area (Å²) in [5, 5.41) is 3.53. The normalized spacial score (nSPS) is 16.0. The summed E-state index contributed by atoms with van der Waals surface area (Å²) in [5.74, 6) is 0. The number of hydrogen-bond acceptors (Lipinski definition) is 3. The van der Waals surface area contributed by atoms with E-state index in [-0.39, 0.29) is 5.54 Å². The van der Waals surface area contributed by atoms with Crippen molar-refractivity contribution in [2.24, 2.45) is 0 Å². The minimum atomic E-state index is 0.144. The number of aromatic nitrogens is 1. The number of nitrogens with zero attached hydrogens (tertiary/aromatic N) is 2. The fourth-order valence-electron chi connectivity index (χ4n) is 1.92. The van der Waals surface area contributed by atoms with Crippen molar-refractivity contribution in [2.45, 2.75) is 51.7 Å². The van der Waals surface area contributed by atoms with Crippen LogP contribution in [0.15, 0.2) is 18.5 Å². The van der Waals surface area contributed by atoms with Gasteiger partial charge in [-0.25, -0.2) is 0 Å². The number of nitrogens with one attached hydrogen (secondary N) is 1. The first kappa shape index (κ1) is 12.4. The molecule has 1 aliphatic rings. The fourth-order valence-corrected chi connectivity index (χ4v) is 1.92. The lowest BCUT2D eigenvalue weighted by Gasteiger charge is -2.25. The van der Waals surface area contributed by atoms with E-state index in [2.05, 4.69) is 49.1 Å². The molecule has 3 nitrogen and oxygen atoms in total. The summed E-state index contributed by atoms with van der Waals surface area (Å²) in [6.45, 7) is 7.44. The molecule has 1 N–H and O–H groups in total. The Hall–Kier alpha value is -1.09. The summed E-state index contributed by atoms with van der Waals surface area (Å²) in [5.41, 5.74) is 2.75. The average Bonchev–Trinajstić information content (AvgIpc) is 3.08. The number of pyridine rings is 1. The van der Waals surface area contributed by atoms with E-state index in [1.807, 2.05) is 12.4 Å². The van der Waals surface area contributed by atoms with Crippen molar-refractivity contribution in [1.29, 1.82) is 0 Å². The van der Waals surface area contributed by atoms with Crippen LogP contribution in [0.4, 0.5) is 5.69 Å². The molecule has 94 valence electrons. The minimum absolute atomic E-state index is 0.144. The largest absolute Gasteiger partial charge is 0.371 e. The first-order chi connectivity index (χ1) is 7.97. The third-order valence-electron chi connectivity index (χ3n) is 3.16. The highest BCUT2D eigenvalue weighted by molar-refractivity contribution is 5.53. The summed E-state index contributed by atoms with van der Waals surface area (Å²) >= 11 is 0. The molecule has 17 heavy (non-hydrogen) atoms. The van der Waals surface area contributed by atoms with Gasteiger partial charge in [0, 0.05) is 48.8 Å². The molecule has 0 saturated heterocycles. The van der Waals surface area contributed by atoms with E-state index in [1.165, 1.54) is 24.1 Å². The van der Waals surface area contributed by atoms with Gasteiger partial charge in [0.2, 0.25) is 0 Å². The van der Waals surface area contributed by atoms with Crippen LogP contribution in [-0.4, -0.2) is 23.6 Å². The smallest absolute Gasteiger partial charge is 0.0442 e. The fraction of sp³-hybridized carbons (Fsp3) is 0.643. The van der Waals surface area contributed by atoms with E-state index >= 15 is 0 Å². The molecule has 0 atom stereocenters. The van der Waals surface area contributed by atoms with Crippen molar-refractivity contribution in [3.8, 4) is 0 Å². The summed E-state index contributed by atoms with van der Waals surface area (Å²) in [6, 6.07) is 2.86. The van der Waals surface area contributed by atoms with Gasteiger partial charge in [0.25, 0.3) is 0 Å². The van der Waals surface area contributed by atoms with Crippen LogP contribution in [0.5, 0.6) is 0 Å². The Morgan fingerprint density at radius 3 is 2.71 bits per heavy atom. The molecule has 3 heteroatoms. The second kappa shape index (κ2) is 4.65. The maximum atomic E-state index is 4.24. The van der Waals surface area contributed by atoms with E-state index in [1.54, 1.807) is 0 Å². The third kappa shape index (κ3) is 3.43. The van der Waals surface area contributed by atoms with Gasteiger partial charge in [-0.1, -0.05) is 0 Å². The van der Waals surface area contributed by atoms with Crippen molar-refractivity contribution < 1.29 is 0 Å². The summed E-state index contributed by atoms with van der Waals surface area (Å²) in [7, 11) is 2.19. The monoisotopic (exact) mass is 233 g/mol. The van der Waals surface area contributed by atoms with Crippen molar-refractivity contribution in [3.05, 3.63) is 24.0 Å². The molecule has 0 unspecified atom stereocenters. The molecule has 0 radical (unpaired) electrons. The Bertz CT molecular complexity index is 377. The first-order valence-corrected chi connectivity index (χ1v) is 6.38. The van der Waals surface area contributed by atoms with Crippen LogP contribution in [0.25, 0.3) is 0 Å². The minimum Gasteiger partial charge on any atom is -0.371 e. The van der Waals surface area contributed by atoms with Gasteiger partial charge >= 0.3 is 0 Å². The molecule has 0 amide bonds. The summed E-state index contributed by atoms with van der Waals surface area (Å²) < 4.78 is 0. The molecule has 0 spiro atoms. The molecular weight excluding hydrogens is 210 g/mol. The standard InChI is InChI=1S/C14H23N3/c1-14(2,3)16-10-11-9-15-8-7-13(11)17(4)12-5-6-12/h7-9,12,16H,5-6,10H2,1-4H3. The van der Waals surface area contributed by atoms with Gasteiger partial charge in [-0.15, -0.1) is 0 Å². The molecule has 1 aromatic heterocycles. The van der Waals surface area contributed by atoms with Gasteiger partial charge in [-0.3, -0.25) is 4.98 Å². The van der Waals surface area contributed by atoms with E-state index in [0.717, 1.165) is 12.6 Å². The highest BCUT2D eigenvalue weighted by Gasteiger charge is 2.27. The molecule has 1 fully saturated rings. The zero-order chi connectivity index (χ0) is 12.5. The second-order valence-electron chi connectivity index (χ2n) is 5.95. The number of rotatable bonds is 4. The zero-order valence-corrected chi connectivity index (χ0v) is 11.3. The van der Waals surface area contributed by atoms with Gasteiger partial charge in [0.05, 0.1) is 0 Å². The highest BCUT2D eigenvalue weighted by atomic mass is 15.2. The van der Waals surface area contributed by atoms with Crippen LogP contribution < -0.4 is 10.2 Å². The van der Waals surface area contributed by atoms with Crippen LogP contribution in [-0.2, 0) is 6.54 Å².